The van der Waals surface area contributed by atoms with Crippen molar-refractivity contribution in [1.29, 1.82) is 0 Å². The predicted octanol–water partition coefficient (Wildman–Crippen LogP) is 3.13. The Morgan fingerprint density at radius 1 is 1.00 bits per heavy atom. The molecule has 22 heavy (non-hydrogen) atoms. The third-order valence-corrected chi connectivity index (χ3v) is 4.55. The Morgan fingerprint density at radius 3 is 2.18 bits per heavy atom. The summed E-state index contributed by atoms with van der Waals surface area (Å²) in [5, 5.41) is 0. The lowest BCUT2D eigenvalue weighted by Crippen LogP contribution is -2.32. The van der Waals surface area contributed by atoms with Crippen molar-refractivity contribution in [2.45, 2.75) is 31.7 Å². The molecule has 0 fully saturated rings. The molecule has 0 aliphatic heterocycles. The molecule has 2 rings (SSSR count). The summed E-state index contributed by atoms with van der Waals surface area (Å²) in [5.41, 5.74) is 1.44. The average molecular weight is 316 g/mol. The lowest BCUT2D eigenvalue weighted by atomic mass is 10.2. The van der Waals surface area contributed by atoms with Gasteiger partial charge in [-0.1, -0.05) is 48.5 Å². The van der Waals surface area contributed by atoms with Gasteiger partial charge in [-0.3, -0.25) is 9.71 Å². The fourth-order valence-corrected chi connectivity index (χ4v) is 3.34. The molecule has 2 aromatic carbocycles. The summed E-state index contributed by atoms with van der Waals surface area (Å²) < 4.78 is 27.9. The lowest BCUT2D eigenvalue weighted by molar-refractivity contribution is 0.591. The summed E-state index contributed by atoms with van der Waals surface area (Å²) in [5.74, 6) is 0.360. The number of nitrogens with one attached hydrogen (secondary N) is 1. The fourth-order valence-electron chi connectivity index (χ4n) is 2.05. The predicted molar refractivity (Wildman–Crippen MR) is 89.6 cm³/mol. The van der Waals surface area contributed by atoms with Crippen molar-refractivity contribution in [3.05, 3.63) is 65.7 Å². The second-order valence-electron chi connectivity index (χ2n) is 5.31. The first-order chi connectivity index (χ1) is 10.4. The molecule has 0 unspecified atom stereocenters. The van der Waals surface area contributed by atoms with E-state index in [0.29, 0.717) is 11.4 Å². The van der Waals surface area contributed by atoms with Crippen LogP contribution in [-0.2, 0) is 10.0 Å². The van der Waals surface area contributed by atoms with Gasteiger partial charge in [0.2, 0.25) is 0 Å². The SMILES string of the molecule is Cc1ccccc1S(=O)(=O)NC(=NC(C)C)c1ccccc1. The monoisotopic (exact) mass is 316 g/mol. The highest BCUT2D eigenvalue weighted by molar-refractivity contribution is 7.90. The van der Waals surface area contributed by atoms with Crippen LogP contribution in [0.2, 0.25) is 0 Å². The van der Waals surface area contributed by atoms with Crippen LogP contribution < -0.4 is 4.72 Å². The first kappa shape index (κ1) is 16.2. The molecule has 0 saturated carbocycles. The van der Waals surface area contributed by atoms with Gasteiger partial charge >= 0.3 is 0 Å². The molecule has 0 saturated heterocycles. The van der Waals surface area contributed by atoms with Crippen LogP contribution in [0.4, 0.5) is 0 Å². The zero-order valence-electron chi connectivity index (χ0n) is 12.9. The van der Waals surface area contributed by atoms with Gasteiger partial charge in [-0.05, 0) is 32.4 Å². The van der Waals surface area contributed by atoms with Gasteiger partial charge in [-0.15, -0.1) is 0 Å². The van der Waals surface area contributed by atoms with Gasteiger partial charge in [-0.25, -0.2) is 8.42 Å². The smallest absolute Gasteiger partial charge is 0.263 e. The molecule has 0 aliphatic rings. The minimum atomic E-state index is -3.66. The Labute approximate surface area is 132 Å². The number of amidine groups is 1. The van der Waals surface area contributed by atoms with E-state index in [-0.39, 0.29) is 10.9 Å². The van der Waals surface area contributed by atoms with E-state index in [4.69, 9.17) is 0 Å². The van der Waals surface area contributed by atoms with E-state index in [2.05, 4.69) is 9.71 Å². The van der Waals surface area contributed by atoms with Crippen molar-refractivity contribution in [3.8, 4) is 0 Å². The van der Waals surface area contributed by atoms with Crippen molar-refractivity contribution in [2.24, 2.45) is 4.99 Å². The number of rotatable bonds is 4. The van der Waals surface area contributed by atoms with E-state index >= 15 is 0 Å². The highest BCUT2D eigenvalue weighted by atomic mass is 32.2. The van der Waals surface area contributed by atoms with Crippen molar-refractivity contribution >= 4 is 15.9 Å². The average Bonchev–Trinajstić information content (AvgIpc) is 2.47. The molecular formula is C17H20N2O2S. The molecule has 5 heteroatoms. The van der Waals surface area contributed by atoms with Gasteiger partial charge in [-0.2, -0.15) is 0 Å². The Morgan fingerprint density at radius 2 is 1.59 bits per heavy atom. The van der Waals surface area contributed by atoms with Crippen LogP contribution in [-0.4, -0.2) is 20.3 Å². The van der Waals surface area contributed by atoms with Crippen LogP contribution >= 0.6 is 0 Å². The summed E-state index contributed by atoms with van der Waals surface area (Å²) in [4.78, 5) is 4.68. The zero-order chi connectivity index (χ0) is 16.2. The topological polar surface area (TPSA) is 58.5 Å². The highest BCUT2D eigenvalue weighted by Crippen LogP contribution is 2.15. The highest BCUT2D eigenvalue weighted by Gasteiger charge is 2.19. The Kier molecular flexibility index (Phi) is 4.98. The Bertz CT molecular complexity index is 766. The fraction of sp³-hybridized carbons (Fsp3) is 0.235. The van der Waals surface area contributed by atoms with Gasteiger partial charge in [0.05, 0.1) is 4.90 Å². The third-order valence-electron chi connectivity index (χ3n) is 3.05. The van der Waals surface area contributed by atoms with Gasteiger partial charge < -0.3 is 0 Å². The number of benzene rings is 2. The maximum absolute atomic E-state index is 12.6. The lowest BCUT2D eigenvalue weighted by Gasteiger charge is -2.13. The van der Waals surface area contributed by atoms with Crippen LogP contribution in [0.3, 0.4) is 0 Å². The Balaban J connectivity index is 2.42. The second kappa shape index (κ2) is 6.75. The molecule has 0 spiro atoms. The number of nitrogens with zero attached hydrogens (tertiary/aromatic N) is 1. The Hall–Kier alpha value is -2.14. The summed E-state index contributed by atoms with van der Waals surface area (Å²) in [6, 6.07) is 16.1. The zero-order valence-corrected chi connectivity index (χ0v) is 13.8. The normalized spacial score (nSPS) is 12.5. The first-order valence-corrected chi connectivity index (χ1v) is 8.60. The number of aliphatic imine (C=N–C) groups is 1. The molecule has 0 amide bonds. The molecule has 1 N–H and O–H groups in total. The van der Waals surface area contributed by atoms with Crippen LogP contribution in [0.1, 0.15) is 25.0 Å². The van der Waals surface area contributed by atoms with E-state index in [9.17, 15) is 8.42 Å². The standard InChI is InChI=1S/C17H20N2O2S/c1-13(2)18-17(15-10-5-4-6-11-15)19-22(20,21)16-12-8-7-9-14(16)3/h4-13H,1-3H3,(H,18,19). The van der Waals surface area contributed by atoms with E-state index < -0.39 is 10.0 Å². The minimum Gasteiger partial charge on any atom is -0.265 e. The van der Waals surface area contributed by atoms with Gasteiger partial charge in [0, 0.05) is 11.6 Å². The number of aryl methyl sites for hydroxylation is 1. The van der Waals surface area contributed by atoms with Gasteiger partial charge in [0.1, 0.15) is 5.84 Å². The van der Waals surface area contributed by atoms with E-state index in [1.807, 2.05) is 50.2 Å². The minimum absolute atomic E-state index is 0.0187. The van der Waals surface area contributed by atoms with E-state index in [0.717, 1.165) is 5.56 Å². The quantitative estimate of drug-likeness (QED) is 0.696. The molecule has 0 aliphatic carbocycles. The molecule has 0 bridgehead atoms. The van der Waals surface area contributed by atoms with Gasteiger partial charge in [0.15, 0.2) is 0 Å². The van der Waals surface area contributed by atoms with E-state index in [1.165, 1.54) is 0 Å². The van der Waals surface area contributed by atoms with Crippen LogP contribution in [0.5, 0.6) is 0 Å². The van der Waals surface area contributed by atoms with Crippen LogP contribution in [0.15, 0.2) is 64.5 Å². The largest absolute Gasteiger partial charge is 0.265 e. The van der Waals surface area contributed by atoms with Crippen LogP contribution in [0, 0.1) is 6.92 Å². The summed E-state index contributed by atoms with van der Waals surface area (Å²) >= 11 is 0. The third kappa shape index (κ3) is 3.95. The summed E-state index contributed by atoms with van der Waals surface area (Å²) in [7, 11) is -3.66. The van der Waals surface area contributed by atoms with Crippen molar-refractivity contribution in [1.82, 2.24) is 4.72 Å². The maximum atomic E-state index is 12.6. The molecule has 0 aromatic heterocycles. The molecule has 0 atom stereocenters. The van der Waals surface area contributed by atoms with Gasteiger partial charge in [0.25, 0.3) is 10.0 Å². The molecule has 2 aromatic rings. The van der Waals surface area contributed by atoms with E-state index in [1.54, 1.807) is 25.1 Å². The molecule has 4 nitrogen and oxygen atoms in total. The first-order valence-electron chi connectivity index (χ1n) is 7.12. The van der Waals surface area contributed by atoms with Crippen molar-refractivity contribution in [2.75, 3.05) is 0 Å². The number of sulfonamides is 1. The number of hydrogen-bond acceptors (Lipinski definition) is 3. The maximum Gasteiger partial charge on any atom is 0.263 e. The summed E-state index contributed by atoms with van der Waals surface area (Å²) in [6.45, 7) is 5.59. The molecule has 0 heterocycles. The second-order valence-corrected chi connectivity index (χ2v) is 6.96. The molecule has 116 valence electrons. The van der Waals surface area contributed by atoms with Crippen molar-refractivity contribution in [3.63, 3.8) is 0 Å². The van der Waals surface area contributed by atoms with Crippen LogP contribution in [0.25, 0.3) is 0 Å². The number of hydrogen-bond donors (Lipinski definition) is 1. The summed E-state index contributed by atoms with van der Waals surface area (Å²) in [6.07, 6.45) is 0. The van der Waals surface area contributed by atoms with Crippen molar-refractivity contribution < 1.29 is 8.42 Å². The molecule has 0 radical (unpaired) electrons. The molecular weight excluding hydrogens is 296 g/mol.